The van der Waals surface area contributed by atoms with E-state index in [-0.39, 0.29) is 17.7 Å². The van der Waals surface area contributed by atoms with Crippen molar-refractivity contribution >= 4 is 23.3 Å². The molecule has 1 aliphatic carbocycles. The molecule has 2 aromatic heterocycles. The molecule has 0 bridgehead atoms. The number of nitrogens with zero attached hydrogens (tertiary/aromatic N) is 4. The summed E-state index contributed by atoms with van der Waals surface area (Å²) in [5.41, 5.74) is 9.77. The van der Waals surface area contributed by atoms with Gasteiger partial charge in [0.1, 0.15) is 5.82 Å². The molecule has 5 rings (SSSR count). The standard InChI is InChI=1S/C26H30N6O2/c27-25(33)18-8-7-15-31(17-18)23-14-13-19(16-28-23)29-26(34)24-21-11-5-2-6-12-22(21)32(30-24)20-9-3-1-4-10-20/h1,3-4,9-10,13-14,16,18H,2,5-8,11-12,15,17H2,(H2,27,33)(H,29,34). The highest BCUT2D eigenvalue weighted by Gasteiger charge is 2.26. The molecule has 0 spiro atoms. The van der Waals surface area contributed by atoms with E-state index in [0.717, 1.165) is 74.3 Å². The number of primary amides is 1. The Morgan fingerprint density at radius 3 is 2.59 bits per heavy atom. The van der Waals surface area contributed by atoms with E-state index in [1.165, 1.54) is 0 Å². The first kappa shape index (κ1) is 22.1. The number of anilines is 2. The van der Waals surface area contributed by atoms with E-state index < -0.39 is 0 Å². The van der Waals surface area contributed by atoms with Gasteiger partial charge < -0.3 is 16.0 Å². The van der Waals surface area contributed by atoms with Gasteiger partial charge in [0.25, 0.3) is 5.91 Å². The quantitative estimate of drug-likeness (QED) is 0.569. The van der Waals surface area contributed by atoms with Gasteiger partial charge >= 0.3 is 0 Å². The summed E-state index contributed by atoms with van der Waals surface area (Å²) in [6.45, 7) is 1.42. The second-order valence-electron chi connectivity index (χ2n) is 9.13. The van der Waals surface area contributed by atoms with Gasteiger partial charge in [0.2, 0.25) is 5.91 Å². The molecule has 8 nitrogen and oxygen atoms in total. The predicted molar refractivity (Wildman–Crippen MR) is 131 cm³/mol. The second-order valence-corrected chi connectivity index (χ2v) is 9.13. The minimum Gasteiger partial charge on any atom is -0.369 e. The number of pyridine rings is 1. The molecule has 8 heteroatoms. The Labute approximate surface area is 199 Å². The molecule has 3 N–H and O–H groups in total. The monoisotopic (exact) mass is 458 g/mol. The third-order valence-electron chi connectivity index (χ3n) is 6.80. The van der Waals surface area contributed by atoms with Crippen molar-refractivity contribution in [3.8, 4) is 5.69 Å². The Balaban J connectivity index is 1.35. The first-order chi connectivity index (χ1) is 16.6. The summed E-state index contributed by atoms with van der Waals surface area (Å²) in [6.07, 6.45) is 8.48. The number of amides is 2. The topological polar surface area (TPSA) is 106 Å². The van der Waals surface area contributed by atoms with Crippen LogP contribution in [0.3, 0.4) is 0 Å². The first-order valence-electron chi connectivity index (χ1n) is 12.1. The van der Waals surface area contributed by atoms with Crippen LogP contribution in [-0.2, 0) is 17.6 Å². The van der Waals surface area contributed by atoms with Crippen LogP contribution >= 0.6 is 0 Å². The Hall–Kier alpha value is -3.68. The Morgan fingerprint density at radius 1 is 1.00 bits per heavy atom. The van der Waals surface area contributed by atoms with Gasteiger partial charge in [-0.05, 0) is 62.8 Å². The zero-order valence-corrected chi connectivity index (χ0v) is 19.2. The molecule has 3 heterocycles. The third-order valence-corrected chi connectivity index (χ3v) is 6.80. The van der Waals surface area contributed by atoms with Crippen LogP contribution in [0, 0.1) is 5.92 Å². The SMILES string of the molecule is NC(=O)C1CCCN(c2ccc(NC(=O)c3nn(-c4ccccc4)c4c3CCCCC4)cn2)C1. The minimum absolute atomic E-state index is 0.148. The summed E-state index contributed by atoms with van der Waals surface area (Å²) in [5.74, 6) is 0.160. The van der Waals surface area contributed by atoms with Gasteiger partial charge in [0.15, 0.2) is 5.69 Å². The molecule has 1 fully saturated rings. The highest BCUT2D eigenvalue weighted by molar-refractivity contribution is 6.04. The smallest absolute Gasteiger partial charge is 0.276 e. The van der Waals surface area contributed by atoms with Crippen molar-refractivity contribution in [2.45, 2.75) is 44.9 Å². The summed E-state index contributed by atoms with van der Waals surface area (Å²) in [5, 5.41) is 7.73. The maximum absolute atomic E-state index is 13.3. The fourth-order valence-corrected chi connectivity index (χ4v) is 5.00. The molecule has 3 aromatic rings. The van der Waals surface area contributed by atoms with Gasteiger partial charge in [-0.15, -0.1) is 0 Å². The van der Waals surface area contributed by atoms with E-state index in [2.05, 4.69) is 15.2 Å². The summed E-state index contributed by atoms with van der Waals surface area (Å²) in [7, 11) is 0. The van der Waals surface area contributed by atoms with E-state index in [0.29, 0.717) is 17.9 Å². The number of para-hydroxylation sites is 1. The van der Waals surface area contributed by atoms with Crippen LogP contribution < -0.4 is 16.0 Å². The Kier molecular flexibility index (Phi) is 6.29. The van der Waals surface area contributed by atoms with Crippen molar-refractivity contribution in [2.24, 2.45) is 11.7 Å². The van der Waals surface area contributed by atoms with Gasteiger partial charge in [-0.2, -0.15) is 5.10 Å². The first-order valence-corrected chi connectivity index (χ1v) is 12.1. The van der Waals surface area contributed by atoms with Crippen molar-refractivity contribution in [3.63, 3.8) is 0 Å². The second kappa shape index (κ2) is 9.67. The highest BCUT2D eigenvalue weighted by atomic mass is 16.2. The van der Waals surface area contributed by atoms with Crippen LogP contribution in [0.5, 0.6) is 0 Å². The zero-order valence-electron chi connectivity index (χ0n) is 19.2. The molecule has 34 heavy (non-hydrogen) atoms. The van der Waals surface area contributed by atoms with Gasteiger partial charge in [-0.3, -0.25) is 9.59 Å². The molecular weight excluding hydrogens is 428 g/mol. The number of hydrogen-bond donors (Lipinski definition) is 2. The summed E-state index contributed by atoms with van der Waals surface area (Å²) in [6, 6.07) is 13.7. The predicted octanol–water partition coefficient (Wildman–Crippen LogP) is 3.49. The number of benzene rings is 1. The fraction of sp³-hybridized carbons (Fsp3) is 0.385. The third kappa shape index (κ3) is 4.53. The Morgan fingerprint density at radius 2 is 1.82 bits per heavy atom. The van der Waals surface area contributed by atoms with Crippen LogP contribution in [0.1, 0.15) is 53.8 Å². The van der Waals surface area contributed by atoms with Crippen molar-refractivity contribution in [2.75, 3.05) is 23.3 Å². The summed E-state index contributed by atoms with van der Waals surface area (Å²) in [4.78, 5) is 31.5. The van der Waals surface area contributed by atoms with E-state index in [1.807, 2.05) is 47.1 Å². The number of carbonyl (C=O) groups is 2. The van der Waals surface area contributed by atoms with Crippen LogP contribution in [0.4, 0.5) is 11.5 Å². The fourth-order valence-electron chi connectivity index (χ4n) is 5.00. The van der Waals surface area contributed by atoms with Crippen LogP contribution in [0.15, 0.2) is 48.7 Å². The summed E-state index contributed by atoms with van der Waals surface area (Å²) < 4.78 is 1.93. The average Bonchev–Trinajstić information content (AvgIpc) is 3.06. The van der Waals surface area contributed by atoms with Gasteiger partial charge in [-0.1, -0.05) is 24.6 Å². The minimum atomic E-state index is -0.261. The molecule has 2 aliphatic rings. The molecule has 1 aromatic carbocycles. The Bertz CT molecular complexity index is 1170. The number of nitrogens with two attached hydrogens (primary N) is 1. The zero-order chi connectivity index (χ0) is 23.5. The molecule has 1 aliphatic heterocycles. The lowest BCUT2D eigenvalue weighted by atomic mass is 9.97. The van der Waals surface area contributed by atoms with Crippen molar-refractivity contribution in [3.05, 3.63) is 65.6 Å². The van der Waals surface area contributed by atoms with Crippen molar-refractivity contribution < 1.29 is 9.59 Å². The molecule has 1 saturated heterocycles. The number of hydrogen-bond acceptors (Lipinski definition) is 5. The number of aromatic nitrogens is 3. The number of nitrogens with one attached hydrogen (secondary N) is 1. The van der Waals surface area contributed by atoms with Crippen molar-refractivity contribution in [1.82, 2.24) is 14.8 Å². The van der Waals surface area contributed by atoms with E-state index in [1.54, 1.807) is 6.20 Å². The average molecular weight is 459 g/mol. The van der Waals surface area contributed by atoms with Gasteiger partial charge in [0, 0.05) is 24.3 Å². The van der Waals surface area contributed by atoms with Crippen LogP contribution in [-0.4, -0.2) is 39.7 Å². The lowest BCUT2D eigenvalue weighted by Crippen LogP contribution is -2.41. The van der Waals surface area contributed by atoms with Crippen molar-refractivity contribution in [1.29, 1.82) is 0 Å². The lowest BCUT2D eigenvalue weighted by molar-refractivity contribution is -0.122. The van der Waals surface area contributed by atoms with E-state index in [4.69, 9.17) is 10.8 Å². The van der Waals surface area contributed by atoms with Gasteiger partial charge in [-0.25, -0.2) is 9.67 Å². The van der Waals surface area contributed by atoms with Crippen LogP contribution in [0.25, 0.3) is 5.69 Å². The van der Waals surface area contributed by atoms with E-state index in [9.17, 15) is 9.59 Å². The number of rotatable bonds is 5. The number of carbonyl (C=O) groups excluding carboxylic acids is 2. The molecule has 1 unspecified atom stereocenters. The number of piperidine rings is 1. The summed E-state index contributed by atoms with van der Waals surface area (Å²) >= 11 is 0. The lowest BCUT2D eigenvalue weighted by Gasteiger charge is -2.32. The molecule has 0 saturated carbocycles. The highest BCUT2D eigenvalue weighted by Crippen LogP contribution is 2.27. The molecule has 0 radical (unpaired) electrons. The molecule has 176 valence electrons. The molecular formula is C26H30N6O2. The van der Waals surface area contributed by atoms with E-state index >= 15 is 0 Å². The maximum Gasteiger partial charge on any atom is 0.276 e. The van der Waals surface area contributed by atoms with Gasteiger partial charge in [0.05, 0.1) is 23.5 Å². The molecule has 2 amide bonds. The maximum atomic E-state index is 13.3. The number of fused-ring (bicyclic) bond motifs is 1. The molecule has 1 atom stereocenters. The normalized spacial score (nSPS) is 18.1. The largest absolute Gasteiger partial charge is 0.369 e. The van der Waals surface area contributed by atoms with Crippen LogP contribution in [0.2, 0.25) is 0 Å².